The maximum Gasteiger partial charge on any atom is 0.407 e. The van der Waals surface area contributed by atoms with Gasteiger partial charge in [-0.05, 0) is 0 Å². The molecule has 1 aromatic heterocycles. The molecule has 1 saturated heterocycles. The van der Waals surface area contributed by atoms with Crippen molar-refractivity contribution in [2.24, 2.45) is 0 Å². The summed E-state index contributed by atoms with van der Waals surface area (Å²) in [6, 6.07) is 0. The third-order valence-corrected chi connectivity index (χ3v) is 4.01. The highest BCUT2D eigenvalue weighted by atomic mass is 32.1. The number of carbonyl (C=O) groups is 2. The van der Waals surface area contributed by atoms with Gasteiger partial charge in [-0.3, -0.25) is 4.79 Å². The fourth-order valence-corrected chi connectivity index (χ4v) is 2.78. The van der Waals surface area contributed by atoms with Crippen LogP contribution in [0.1, 0.15) is 23.0 Å². The topological polar surface area (TPSA) is 73.7 Å². The van der Waals surface area contributed by atoms with Gasteiger partial charge in [-0.15, -0.1) is 0 Å². The van der Waals surface area contributed by atoms with Gasteiger partial charge in [0.1, 0.15) is 0 Å². The number of Topliss-reactive ketones (excluding diaryl/α,β-unsaturated/α-hetero) is 1. The van der Waals surface area contributed by atoms with Gasteiger partial charge in [-0.1, -0.05) is 18.3 Å². The largest absolute Gasteiger partial charge is 0.465 e. The minimum absolute atomic E-state index is 0.0999. The maximum absolute atomic E-state index is 11.5. The zero-order chi connectivity index (χ0) is 13.1. The number of carbonyl (C=O) groups excluding carboxylic acids is 1. The highest BCUT2D eigenvalue weighted by Gasteiger charge is 2.22. The van der Waals surface area contributed by atoms with Crippen LogP contribution in [0.25, 0.3) is 0 Å². The van der Waals surface area contributed by atoms with Crippen molar-refractivity contribution >= 4 is 28.3 Å². The Morgan fingerprint density at radius 3 is 2.61 bits per heavy atom. The second-order valence-electron chi connectivity index (χ2n) is 4.04. The number of hydrogen-bond donors (Lipinski definition) is 1. The number of anilines is 1. The molecule has 0 bridgehead atoms. The quantitative estimate of drug-likeness (QED) is 0.842. The van der Waals surface area contributed by atoms with Gasteiger partial charge in [-0.25, -0.2) is 9.78 Å². The Morgan fingerprint density at radius 2 is 2.06 bits per heavy atom. The molecule has 1 fully saturated rings. The number of hydrogen-bond acceptors (Lipinski definition) is 5. The Morgan fingerprint density at radius 1 is 1.39 bits per heavy atom. The number of piperazine rings is 1. The Labute approximate surface area is 109 Å². The first-order valence-corrected chi connectivity index (χ1v) is 6.65. The van der Waals surface area contributed by atoms with Crippen LogP contribution in [-0.4, -0.2) is 53.0 Å². The van der Waals surface area contributed by atoms with Crippen LogP contribution in [0.2, 0.25) is 0 Å². The summed E-state index contributed by atoms with van der Waals surface area (Å²) >= 11 is 1.38. The van der Waals surface area contributed by atoms with Gasteiger partial charge in [-0.2, -0.15) is 0 Å². The Hall–Kier alpha value is -1.63. The van der Waals surface area contributed by atoms with E-state index in [1.54, 1.807) is 6.20 Å². The Bertz CT molecular complexity index is 452. The lowest BCUT2D eigenvalue weighted by atomic mass is 10.3. The Kier molecular flexibility index (Phi) is 3.81. The lowest BCUT2D eigenvalue weighted by Gasteiger charge is -2.32. The van der Waals surface area contributed by atoms with E-state index in [1.165, 1.54) is 16.2 Å². The van der Waals surface area contributed by atoms with Crippen molar-refractivity contribution in [3.05, 3.63) is 11.1 Å². The first-order chi connectivity index (χ1) is 8.61. The van der Waals surface area contributed by atoms with Crippen molar-refractivity contribution in [2.75, 3.05) is 31.1 Å². The van der Waals surface area contributed by atoms with Gasteiger partial charge in [0.05, 0.1) is 11.1 Å². The molecule has 1 aliphatic heterocycles. The fraction of sp³-hybridized carbons (Fsp3) is 0.545. The average molecular weight is 269 g/mol. The number of amides is 1. The van der Waals surface area contributed by atoms with Gasteiger partial charge < -0.3 is 14.9 Å². The number of thiazole rings is 1. The molecule has 0 saturated carbocycles. The van der Waals surface area contributed by atoms with Gasteiger partial charge >= 0.3 is 6.09 Å². The van der Waals surface area contributed by atoms with E-state index in [-0.39, 0.29) is 5.78 Å². The summed E-state index contributed by atoms with van der Waals surface area (Å²) in [4.78, 5) is 30.6. The lowest BCUT2D eigenvalue weighted by Crippen LogP contribution is -2.48. The molecule has 1 amide bonds. The Balaban J connectivity index is 1.99. The molecule has 0 aromatic carbocycles. The van der Waals surface area contributed by atoms with Crippen LogP contribution in [0.4, 0.5) is 9.93 Å². The van der Waals surface area contributed by atoms with Gasteiger partial charge in [0.25, 0.3) is 0 Å². The zero-order valence-corrected chi connectivity index (χ0v) is 10.9. The van der Waals surface area contributed by atoms with E-state index in [0.29, 0.717) is 37.5 Å². The smallest absolute Gasteiger partial charge is 0.407 e. The molecule has 2 heterocycles. The molecule has 1 aliphatic rings. The van der Waals surface area contributed by atoms with Gasteiger partial charge in [0.2, 0.25) is 0 Å². The number of ketones is 1. The minimum Gasteiger partial charge on any atom is -0.465 e. The highest BCUT2D eigenvalue weighted by Crippen LogP contribution is 2.24. The van der Waals surface area contributed by atoms with Gasteiger partial charge in [0, 0.05) is 32.6 Å². The van der Waals surface area contributed by atoms with Crippen molar-refractivity contribution in [3.63, 3.8) is 0 Å². The summed E-state index contributed by atoms with van der Waals surface area (Å²) < 4.78 is 0. The van der Waals surface area contributed by atoms with E-state index in [1.807, 2.05) is 11.8 Å². The molecule has 0 atom stereocenters. The summed E-state index contributed by atoms with van der Waals surface area (Å²) in [6.45, 7) is 4.03. The van der Waals surface area contributed by atoms with Crippen molar-refractivity contribution in [3.8, 4) is 0 Å². The highest BCUT2D eigenvalue weighted by molar-refractivity contribution is 7.17. The van der Waals surface area contributed by atoms with Crippen LogP contribution in [0, 0.1) is 0 Å². The molecule has 98 valence electrons. The summed E-state index contributed by atoms with van der Waals surface area (Å²) in [5.74, 6) is 0.0999. The van der Waals surface area contributed by atoms with E-state index >= 15 is 0 Å². The minimum atomic E-state index is -0.879. The average Bonchev–Trinajstić information content (AvgIpc) is 2.87. The molecular formula is C11H15N3O3S. The summed E-state index contributed by atoms with van der Waals surface area (Å²) in [7, 11) is 0. The van der Waals surface area contributed by atoms with Crippen LogP contribution < -0.4 is 4.90 Å². The van der Waals surface area contributed by atoms with E-state index in [4.69, 9.17) is 5.11 Å². The monoisotopic (exact) mass is 269 g/mol. The van der Waals surface area contributed by atoms with Crippen molar-refractivity contribution in [2.45, 2.75) is 13.3 Å². The van der Waals surface area contributed by atoms with Crippen LogP contribution in [-0.2, 0) is 0 Å². The first-order valence-electron chi connectivity index (χ1n) is 5.83. The second-order valence-corrected chi connectivity index (χ2v) is 5.05. The summed E-state index contributed by atoms with van der Waals surface area (Å²) in [5, 5.41) is 9.66. The van der Waals surface area contributed by atoms with E-state index in [2.05, 4.69) is 4.98 Å². The van der Waals surface area contributed by atoms with Crippen LogP contribution >= 0.6 is 11.3 Å². The molecule has 0 radical (unpaired) electrons. The second kappa shape index (κ2) is 5.34. The summed E-state index contributed by atoms with van der Waals surface area (Å²) in [6.07, 6.45) is 1.21. The predicted octanol–water partition coefficient (Wildman–Crippen LogP) is 1.54. The molecular weight excluding hydrogens is 254 g/mol. The van der Waals surface area contributed by atoms with E-state index < -0.39 is 6.09 Å². The van der Waals surface area contributed by atoms with E-state index in [0.717, 1.165) is 5.13 Å². The van der Waals surface area contributed by atoms with Crippen molar-refractivity contribution < 1.29 is 14.7 Å². The third-order valence-electron chi connectivity index (χ3n) is 2.91. The molecule has 2 rings (SSSR count). The van der Waals surface area contributed by atoms with Crippen LogP contribution in [0.3, 0.4) is 0 Å². The van der Waals surface area contributed by atoms with Crippen LogP contribution in [0.5, 0.6) is 0 Å². The zero-order valence-electron chi connectivity index (χ0n) is 10.1. The normalized spacial score (nSPS) is 15.8. The number of aromatic nitrogens is 1. The predicted molar refractivity (Wildman–Crippen MR) is 68.5 cm³/mol. The van der Waals surface area contributed by atoms with Crippen LogP contribution in [0.15, 0.2) is 6.20 Å². The third kappa shape index (κ3) is 2.61. The molecule has 1 N–H and O–H groups in total. The molecule has 0 unspecified atom stereocenters. The molecule has 18 heavy (non-hydrogen) atoms. The standard InChI is InChI=1S/C11H15N3O3S/c1-2-8(15)9-7-12-10(18-9)13-3-5-14(6-4-13)11(16)17/h7H,2-6H2,1H3,(H,16,17). The molecule has 7 heteroatoms. The molecule has 6 nitrogen and oxygen atoms in total. The van der Waals surface area contributed by atoms with E-state index in [9.17, 15) is 9.59 Å². The van der Waals surface area contributed by atoms with Crippen molar-refractivity contribution in [1.82, 2.24) is 9.88 Å². The maximum atomic E-state index is 11.5. The molecule has 1 aromatic rings. The molecule has 0 aliphatic carbocycles. The number of nitrogens with zero attached hydrogens (tertiary/aromatic N) is 3. The SMILES string of the molecule is CCC(=O)c1cnc(N2CCN(C(=O)O)CC2)s1. The fourth-order valence-electron chi connectivity index (χ4n) is 1.80. The van der Waals surface area contributed by atoms with Crippen molar-refractivity contribution in [1.29, 1.82) is 0 Å². The summed E-state index contributed by atoms with van der Waals surface area (Å²) in [5.41, 5.74) is 0. The first kappa shape index (κ1) is 12.8. The van der Waals surface area contributed by atoms with Gasteiger partial charge in [0.15, 0.2) is 10.9 Å². The number of rotatable bonds is 3. The number of carboxylic acid groups (broad SMARTS) is 1. The lowest BCUT2D eigenvalue weighted by molar-refractivity contribution is 0.0991. The molecule has 0 spiro atoms.